The lowest BCUT2D eigenvalue weighted by Gasteiger charge is -2.04. The third-order valence-electron chi connectivity index (χ3n) is 2.18. The summed E-state index contributed by atoms with van der Waals surface area (Å²) in [4.78, 5) is 4.54. The largest absolute Gasteiger partial charge is 0.411 e. The zero-order valence-corrected chi connectivity index (χ0v) is 10.6. The van der Waals surface area contributed by atoms with Crippen LogP contribution in [-0.2, 0) is 11.3 Å². The van der Waals surface area contributed by atoms with Gasteiger partial charge in [-0.15, -0.1) is 11.3 Å². The molecule has 2 aromatic heterocycles. The SMILES string of the molecule is Cc1csc(-c2nc(COCC(F)(F)F)no2)c1N. The van der Waals surface area contributed by atoms with E-state index >= 15 is 0 Å². The molecule has 0 unspecified atom stereocenters. The molecule has 2 rings (SSSR count). The van der Waals surface area contributed by atoms with E-state index in [0.717, 1.165) is 5.56 Å². The molecule has 0 aromatic carbocycles. The number of nitrogens with zero attached hydrogens (tertiary/aromatic N) is 2. The van der Waals surface area contributed by atoms with Gasteiger partial charge in [-0.3, -0.25) is 0 Å². The highest BCUT2D eigenvalue weighted by Gasteiger charge is 2.27. The van der Waals surface area contributed by atoms with Crippen LogP contribution in [-0.4, -0.2) is 22.9 Å². The third-order valence-corrected chi connectivity index (χ3v) is 3.28. The highest BCUT2D eigenvalue weighted by Crippen LogP contribution is 2.33. The number of rotatable bonds is 4. The Hall–Kier alpha value is -1.61. The summed E-state index contributed by atoms with van der Waals surface area (Å²) in [6.45, 7) is 0.115. The Morgan fingerprint density at radius 1 is 1.47 bits per heavy atom. The summed E-state index contributed by atoms with van der Waals surface area (Å²) in [5.74, 6) is 0.228. The molecule has 0 saturated heterocycles. The topological polar surface area (TPSA) is 74.2 Å². The highest BCUT2D eigenvalue weighted by molar-refractivity contribution is 7.14. The fourth-order valence-corrected chi connectivity index (χ4v) is 2.18. The summed E-state index contributed by atoms with van der Waals surface area (Å²) in [7, 11) is 0. The van der Waals surface area contributed by atoms with Gasteiger partial charge in [0.2, 0.25) is 0 Å². The number of hydrogen-bond acceptors (Lipinski definition) is 6. The molecule has 0 aliphatic rings. The zero-order valence-electron chi connectivity index (χ0n) is 9.82. The van der Waals surface area contributed by atoms with Crippen molar-refractivity contribution in [3.05, 3.63) is 16.8 Å². The maximum atomic E-state index is 11.9. The van der Waals surface area contributed by atoms with Crippen LogP contribution in [0, 0.1) is 6.92 Å². The minimum Gasteiger partial charge on any atom is -0.397 e. The second-order valence-electron chi connectivity index (χ2n) is 3.79. The van der Waals surface area contributed by atoms with E-state index < -0.39 is 12.8 Å². The molecule has 0 bridgehead atoms. The van der Waals surface area contributed by atoms with Gasteiger partial charge in [0.1, 0.15) is 18.1 Å². The Labute approximate surface area is 110 Å². The first-order valence-electron chi connectivity index (χ1n) is 5.18. The molecule has 0 radical (unpaired) electrons. The van der Waals surface area contributed by atoms with Gasteiger partial charge in [-0.05, 0) is 17.9 Å². The van der Waals surface area contributed by atoms with Crippen molar-refractivity contribution in [3.63, 3.8) is 0 Å². The lowest BCUT2D eigenvalue weighted by Crippen LogP contribution is -2.16. The van der Waals surface area contributed by atoms with Crippen LogP contribution in [0.25, 0.3) is 10.8 Å². The van der Waals surface area contributed by atoms with E-state index in [0.29, 0.717) is 10.6 Å². The van der Waals surface area contributed by atoms with Crippen molar-refractivity contribution in [3.8, 4) is 10.8 Å². The van der Waals surface area contributed by atoms with Crippen LogP contribution in [0.5, 0.6) is 0 Å². The van der Waals surface area contributed by atoms with Crippen molar-refractivity contribution >= 4 is 17.0 Å². The van der Waals surface area contributed by atoms with E-state index in [4.69, 9.17) is 10.3 Å². The molecule has 2 N–H and O–H groups in total. The molecule has 19 heavy (non-hydrogen) atoms. The summed E-state index contributed by atoms with van der Waals surface area (Å²) < 4.78 is 45.0. The van der Waals surface area contributed by atoms with Crippen LogP contribution in [0.4, 0.5) is 18.9 Å². The van der Waals surface area contributed by atoms with Crippen molar-refractivity contribution in [2.75, 3.05) is 12.3 Å². The molecule has 9 heteroatoms. The number of nitrogen functional groups attached to an aromatic ring is 1. The standard InChI is InChI=1S/C10H10F3N3O2S/c1-5-3-19-8(7(5)14)9-15-6(16-18-9)2-17-4-10(11,12)13/h3H,2,4,14H2,1H3. The van der Waals surface area contributed by atoms with E-state index in [-0.39, 0.29) is 18.3 Å². The number of aromatic nitrogens is 2. The molecule has 2 aromatic rings. The van der Waals surface area contributed by atoms with E-state index in [1.54, 1.807) is 0 Å². The zero-order chi connectivity index (χ0) is 14.0. The molecular weight excluding hydrogens is 283 g/mol. The molecule has 0 spiro atoms. The van der Waals surface area contributed by atoms with Gasteiger partial charge in [-0.1, -0.05) is 5.16 Å². The number of anilines is 1. The molecular formula is C10H10F3N3O2S. The van der Waals surface area contributed by atoms with Crippen molar-refractivity contribution in [1.82, 2.24) is 10.1 Å². The number of alkyl halides is 3. The van der Waals surface area contributed by atoms with Crippen molar-refractivity contribution < 1.29 is 22.4 Å². The Morgan fingerprint density at radius 3 is 2.79 bits per heavy atom. The first-order valence-corrected chi connectivity index (χ1v) is 6.06. The van der Waals surface area contributed by atoms with Gasteiger partial charge in [0, 0.05) is 0 Å². The number of nitrogens with two attached hydrogens (primary N) is 1. The van der Waals surface area contributed by atoms with Gasteiger partial charge in [0.05, 0.1) is 5.69 Å². The second kappa shape index (κ2) is 5.17. The molecule has 0 aliphatic heterocycles. The van der Waals surface area contributed by atoms with Gasteiger partial charge >= 0.3 is 6.18 Å². The molecule has 5 nitrogen and oxygen atoms in total. The number of aryl methyl sites for hydroxylation is 1. The average molecular weight is 293 g/mol. The summed E-state index contributed by atoms with van der Waals surface area (Å²) in [6, 6.07) is 0. The van der Waals surface area contributed by atoms with Gasteiger partial charge in [-0.25, -0.2) is 0 Å². The Bertz CT molecular complexity index is 565. The van der Waals surface area contributed by atoms with E-state index in [9.17, 15) is 13.2 Å². The lowest BCUT2D eigenvalue weighted by molar-refractivity contribution is -0.177. The van der Waals surface area contributed by atoms with Crippen LogP contribution >= 0.6 is 11.3 Å². The highest BCUT2D eigenvalue weighted by atomic mass is 32.1. The summed E-state index contributed by atoms with van der Waals surface area (Å²) >= 11 is 1.33. The molecule has 0 amide bonds. The average Bonchev–Trinajstić information content (AvgIpc) is 2.86. The molecule has 0 atom stereocenters. The number of ether oxygens (including phenoxy) is 1. The summed E-state index contributed by atoms with van der Waals surface area (Å²) in [5.41, 5.74) is 7.21. The maximum Gasteiger partial charge on any atom is 0.411 e. The van der Waals surface area contributed by atoms with Crippen LogP contribution < -0.4 is 5.73 Å². The minimum atomic E-state index is -4.37. The molecule has 2 heterocycles. The predicted molar refractivity (Wildman–Crippen MR) is 62.5 cm³/mol. The fourth-order valence-electron chi connectivity index (χ4n) is 1.28. The van der Waals surface area contributed by atoms with Gasteiger partial charge < -0.3 is 15.0 Å². The molecule has 104 valence electrons. The van der Waals surface area contributed by atoms with Gasteiger partial charge in [0.15, 0.2) is 5.82 Å². The number of thiophene rings is 1. The van der Waals surface area contributed by atoms with Crippen LogP contribution in [0.2, 0.25) is 0 Å². The second-order valence-corrected chi connectivity index (χ2v) is 4.66. The Balaban J connectivity index is 2.02. The number of halogens is 3. The molecule has 0 fully saturated rings. The van der Waals surface area contributed by atoms with Crippen LogP contribution in [0.15, 0.2) is 9.90 Å². The smallest absolute Gasteiger partial charge is 0.397 e. The quantitative estimate of drug-likeness (QED) is 0.938. The van der Waals surface area contributed by atoms with Crippen LogP contribution in [0.3, 0.4) is 0 Å². The monoisotopic (exact) mass is 293 g/mol. The first kappa shape index (κ1) is 13.8. The normalized spacial score (nSPS) is 12.0. The predicted octanol–water partition coefficient (Wildman–Crippen LogP) is 2.77. The van der Waals surface area contributed by atoms with Gasteiger partial charge in [-0.2, -0.15) is 18.2 Å². The summed E-state index contributed by atoms with van der Waals surface area (Å²) in [5, 5.41) is 5.36. The van der Waals surface area contributed by atoms with Crippen LogP contribution in [0.1, 0.15) is 11.4 Å². The summed E-state index contributed by atoms with van der Waals surface area (Å²) in [6.07, 6.45) is -4.37. The fraction of sp³-hybridized carbons (Fsp3) is 0.400. The van der Waals surface area contributed by atoms with Crippen molar-refractivity contribution in [2.24, 2.45) is 0 Å². The first-order chi connectivity index (χ1) is 8.87. The maximum absolute atomic E-state index is 11.9. The van der Waals surface area contributed by atoms with Gasteiger partial charge in [0.25, 0.3) is 5.89 Å². The number of hydrogen-bond donors (Lipinski definition) is 1. The Kier molecular flexibility index (Phi) is 3.76. The molecule has 0 saturated carbocycles. The van der Waals surface area contributed by atoms with E-state index in [1.165, 1.54) is 11.3 Å². The van der Waals surface area contributed by atoms with Crippen molar-refractivity contribution in [1.29, 1.82) is 0 Å². The third kappa shape index (κ3) is 3.44. The van der Waals surface area contributed by atoms with E-state index in [1.807, 2.05) is 12.3 Å². The molecule has 0 aliphatic carbocycles. The lowest BCUT2D eigenvalue weighted by atomic mass is 10.3. The van der Waals surface area contributed by atoms with E-state index in [2.05, 4.69) is 14.9 Å². The Morgan fingerprint density at radius 2 is 2.21 bits per heavy atom. The van der Waals surface area contributed by atoms with Crippen molar-refractivity contribution in [2.45, 2.75) is 19.7 Å². The minimum absolute atomic E-state index is 0.0460.